The summed E-state index contributed by atoms with van der Waals surface area (Å²) in [5.74, 6) is 0.661. The first-order chi connectivity index (χ1) is 14.6. The second-order valence-corrected chi connectivity index (χ2v) is 9.92. The van der Waals surface area contributed by atoms with Crippen molar-refractivity contribution in [1.82, 2.24) is 19.7 Å². The van der Waals surface area contributed by atoms with Crippen LogP contribution in [-0.2, 0) is 11.3 Å². The Kier molecular flexibility index (Phi) is 7.09. The molecule has 5 nitrogen and oxygen atoms in total. The van der Waals surface area contributed by atoms with Crippen molar-refractivity contribution in [3.05, 3.63) is 30.1 Å². The van der Waals surface area contributed by atoms with Gasteiger partial charge in [0.05, 0.1) is 5.92 Å². The zero-order chi connectivity index (χ0) is 21.0. The number of piperidine rings is 2. The van der Waals surface area contributed by atoms with Crippen LogP contribution in [0, 0.1) is 11.3 Å². The van der Waals surface area contributed by atoms with E-state index < -0.39 is 0 Å². The molecule has 0 saturated carbocycles. The van der Waals surface area contributed by atoms with E-state index in [9.17, 15) is 4.79 Å². The maximum atomic E-state index is 13.3. The van der Waals surface area contributed by atoms with Crippen LogP contribution in [0.1, 0.15) is 64.4 Å². The highest BCUT2D eigenvalue weighted by atomic mass is 16.2. The van der Waals surface area contributed by atoms with Crippen LogP contribution in [-0.4, -0.2) is 70.9 Å². The van der Waals surface area contributed by atoms with E-state index in [0.29, 0.717) is 17.4 Å². The van der Waals surface area contributed by atoms with Gasteiger partial charge in [-0.15, -0.1) is 0 Å². The standard InChI is InChI=1S/C25H40N4O/c1-3-25(4-2)11-16-29(20-25)24(30)22-8-6-13-28(19-22)23-9-14-27(15-10-23)18-21-7-5-12-26-17-21/h5,7,12,17,22-23H,3-4,6,8-11,13-16,18-20H2,1-2H3. The van der Waals surface area contributed by atoms with Crippen LogP contribution in [0.3, 0.4) is 0 Å². The molecule has 5 heteroatoms. The van der Waals surface area contributed by atoms with Gasteiger partial charge in [-0.3, -0.25) is 19.6 Å². The molecule has 1 unspecified atom stereocenters. The molecule has 1 aromatic rings. The molecule has 1 aromatic heterocycles. The van der Waals surface area contributed by atoms with Crippen LogP contribution in [0.15, 0.2) is 24.5 Å². The summed E-state index contributed by atoms with van der Waals surface area (Å²) in [6.07, 6.45) is 12.1. The van der Waals surface area contributed by atoms with Crippen LogP contribution < -0.4 is 0 Å². The number of amides is 1. The molecular formula is C25H40N4O. The van der Waals surface area contributed by atoms with E-state index in [4.69, 9.17) is 0 Å². The molecule has 166 valence electrons. The lowest BCUT2D eigenvalue weighted by molar-refractivity contribution is -0.137. The molecule has 0 aromatic carbocycles. The summed E-state index contributed by atoms with van der Waals surface area (Å²) in [7, 11) is 0. The SMILES string of the molecule is CCC1(CC)CCN(C(=O)C2CCCN(C3CCN(Cc4cccnc4)CC3)C2)C1. The van der Waals surface area contributed by atoms with E-state index in [1.54, 1.807) is 0 Å². The first-order valence-corrected chi connectivity index (χ1v) is 12.3. The summed E-state index contributed by atoms with van der Waals surface area (Å²) in [5, 5.41) is 0. The third-order valence-electron chi connectivity index (χ3n) is 8.25. The monoisotopic (exact) mass is 412 g/mol. The molecule has 3 aliphatic rings. The van der Waals surface area contributed by atoms with Gasteiger partial charge in [-0.2, -0.15) is 0 Å². The Bertz CT molecular complexity index is 682. The van der Waals surface area contributed by atoms with E-state index in [1.807, 2.05) is 18.5 Å². The Morgan fingerprint density at radius 3 is 2.60 bits per heavy atom. The number of aromatic nitrogens is 1. The molecule has 4 heterocycles. The number of rotatable bonds is 6. The van der Waals surface area contributed by atoms with Crippen molar-refractivity contribution < 1.29 is 4.79 Å². The topological polar surface area (TPSA) is 39.7 Å². The van der Waals surface area contributed by atoms with E-state index in [-0.39, 0.29) is 5.92 Å². The predicted molar refractivity (Wildman–Crippen MR) is 121 cm³/mol. The number of hydrogen-bond acceptors (Lipinski definition) is 4. The van der Waals surface area contributed by atoms with Crippen LogP contribution in [0.4, 0.5) is 0 Å². The number of likely N-dealkylation sites (tertiary alicyclic amines) is 3. The Hall–Kier alpha value is -1.46. The lowest BCUT2D eigenvalue weighted by atomic mass is 9.82. The Morgan fingerprint density at radius 2 is 1.93 bits per heavy atom. The van der Waals surface area contributed by atoms with Gasteiger partial charge in [0.15, 0.2) is 0 Å². The average molecular weight is 413 g/mol. The Balaban J connectivity index is 1.27. The third kappa shape index (κ3) is 4.88. The minimum Gasteiger partial charge on any atom is -0.342 e. The second-order valence-electron chi connectivity index (χ2n) is 9.92. The van der Waals surface area contributed by atoms with Crippen LogP contribution in [0.2, 0.25) is 0 Å². The lowest BCUT2D eigenvalue weighted by Gasteiger charge is -2.42. The molecule has 3 aliphatic heterocycles. The van der Waals surface area contributed by atoms with Crippen molar-refractivity contribution in [3.8, 4) is 0 Å². The molecule has 1 amide bonds. The molecule has 0 spiro atoms. The van der Waals surface area contributed by atoms with Gasteiger partial charge in [0.25, 0.3) is 0 Å². The molecule has 30 heavy (non-hydrogen) atoms. The van der Waals surface area contributed by atoms with Crippen molar-refractivity contribution in [2.45, 2.75) is 71.4 Å². The second kappa shape index (κ2) is 9.78. The highest BCUT2D eigenvalue weighted by Crippen LogP contribution is 2.38. The van der Waals surface area contributed by atoms with Crippen molar-refractivity contribution >= 4 is 5.91 Å². The fourth-order valence-electron chi connectivity index (χ4n) is 5.94. The molecule has 4 rings (SSSR count). The van der Waals surface area contributed by atoms with Gasteiger partial charge >= 0.3 is 0 Å². The van der Waals surface area contributed by atoms with Crippen LogP contribution >= 0.6 is 0 Å². The molecule has 0 radical (unpaired) electrons. The fourth-order valence-corrected chi connectivity index (χ4v) is 5.94. The molecular weight excluding hydrogens is 372 g/mol. The minimum absolute atomic E-state index is 0.219. The number of pyridine rings is 1. The summed E-state index contributed by atoms with van der Waals surface area (Å²) < 4.78 is 0. The zero-order valence-electron chi connectivity index (χ0n) is 19.1. The van der Waals surface area contributed by atoms with E-state index in [1.165, 1.54) is 50.6 Å². The van der Waals surface area contributed by atoms with Gasteiger partial charge in [0.1, 0.15) is 0 Å². The number of nitrogens with zero attached hydrogens (tertiary/aromatic N) is 4. The first kappa shape index (κ1) is 21.8. The zero-order valence-corrected chi connectivity index (χ0v) is 19.1. The quantitative estimate of drug-likeness (QED) is 0.713. The van der Waals surface area contributed by atoms with E-state index >= 15 is 0 Å². The summed E-state index contributed by atoms with van der Waals surface area (Å²) >= 11 is 0. The Morgan fingerprint density at radius 1 is 1.13 bits per heavy atom. The lowest BCUT2D eigenvalue weighted by Crippen LogP contribution is -2.51. The van der Waals surface area contributed by atoms with Crippen molar-refractivity contribution in [2.24, 2.45) is 11.3 Å². The molecule has 0 bridgehead atoms. The van der Waals surface area contributed by atoms with E-state index in [0.717, 1.165) is 45.7 Å². The van der Waals surface area contributed by atoms with Crippen molar-refractivity contribution in [1.29, 1.82) is 0 Å². The molecule has 1 atom stereocenters. The van der Waals surface area contributed by atoms with Gasteiger partial charge in [-0.05, 0) is 81.6 Å². The maximum Gasteiger partial charge on any atom is 0.226 e. The Labute approximate surface area is 182 Å². The minimum atomic E-state index is 0.219. The highest BCUT2D eigenvalue weighted by molar-refractivity contribution is 5.79. The van der Waals surface area contributed by atoms with E-state index in [2.05, 4.69) is 39.6 Å². The smallest absolute Gasteiger partial charge is 0.226 e. The largest absolute Gasteiger partial charge is 0.342 e. The van der Waals surface area contributed by atoms with Crippen LogP contribution in [0.25, 0.3) is 0 Å². The molecule has 3 fully saturated rings. The fraction of sp³-hybridized carbons (Fsp3) is 0.760. The predicted octanol–water partition coefficient (Wildman–Crippen LogP) is 3.80. The summed E-state index contributed by atoms with van der Waals surface area (Å²) in [6.45, 7) is 12.0. The maximum absolute atomic E-state index is 13.3. The van der Waals surface area contributed by atoms with Gasteiger partial charge in [0.2, 0.25) is 5.91 Å². The van der Waals surface area contributed by atoms with Gasteiger partial charge < -0.3 is 4.90 Å². The molecule has 0 N–H and O–H groups in total. The molecule has 0 aliphatic carbocycles. The summed E-state index contributed by atoms with van der Waals surface area (Å²) in [4.78, 5) is 24.9. The highest BCUT2D eigenvalue weighted by Gasteiger charge is 2.40. The van der Waals surface area contributed by atoms with Gasteiger partial charge in [-0.1, -0.05) is 19.9 Å². The van der Waals surface area contributed by atoms with Gasteiger partial charge in [0, 0.05) is 44.6 Å². The van der Waals surface area contributed by atoms with Gasteiger partial charge in [-0.25, -0.2) is 0 Å². The number of hydrogen-bond donors (Lipinski definition) is 0. The van der Waals surface area contributed by atoms with Crippen molar-refractivity contribution in [3.63, 3.8) is 0 Å². The van der Waals surface area contributed by atoms with Crippen LogP contribution in [0.5, 0.6) is 0 Å². The average Bonchev–Trinajstić information content (AvgIpc) is 3.25. The molecule has 3 saturated heterocycles. The number of carbonyl (C=O) groups is 1. The van der Waals surface area contributed by atoms with Crippen molar-refractivity contribution in [2.75, 3.05) is 39.3 Å². The first-order valence-electron chi connectivity index (χ1n) is 12.3. The normalized spacial score (nSPS) is 26.2. The number of carbonyl (C=O) groups excluding carboxylic acids is 1. The summed E-state index contributed by atoms with van der Waals surface area (Å²) in [5.41, 5.74) is 1.69. The third-order valence-corrected chi connectivity index (χ3v) is 8.25. The summed E-state index contributed by atoms with van der Waals surface area (Å²) in [6, 6.07) is 4.84.